The van der Waals surface area contributed by atoms with Gasteiger partial charge >= 0.3 is 42.1 Å². The summed E-state index contributed by atoms with van der Waals surface area (Å²) in [5.41, 5.74) is 1.44. The van der Waals surface area contributed by atoms with Crippen LogP contribution in [0.1, 0.15) is 13.8 Å². The number of hydrogen-bond acceptors (Lipinski definition) is 6. The number of carbonyl (C=O) groups is 3. The van der Waals surface area contributed by atoms with Gasteiger partial charge in [0.25, 0.3) is 0 Å². The van der Waals surface area contributed by atoms with E-state index >= 15 is 0 Å². The predicted molar refractivity (Wildman–Crippen MR) is 107 cm³/mol. The molecule has 1 heterocycles. The molecule has 1 aromatic heterocycles. The SMILES string of the molecule is CCN(CC)c1ccc2ccc(=O)oc2c1.O=C(O)C(F)(F)F.O=C(O)C(F)(F)F.O=C(O)C(F)(F)F. The van der Waals surface area contributed by atoms with Gasteiger partial charge in [0.1, 0.15) is 5.58 Å². The Labute approximate surface area is 200 Å². The molecule has 0 spiro atoms. The van der Waals surface area contributed by atoms with Crippen LogP contribution in [0.2, 0.25) is 0 Å². The van der Waals surface area contributed by atoms with Gasteiger partial charge in [-0.25, -0.2) is 19.2 Å². The van der Waals surface area contributed by atoms with Crippen LogP contribution in [0.5, 0.6) is 0 Å². The number of hydrogen-bond donors (Lipinski definition) is 3. The zero-order chi connectivity index (χ0) is 29.8. The van der Waals surface area contributed by atoms with E-state index in [4.69, 9.17) is 34.1 Å². The van der Waals surface area contributed by atoms with Gasteiger partial charge in [0.15, 0.2) is 0 Å². The molecule has 0 saturated carbocycles. The maximum Gasteiger partial charge on any atom is 0.490 e. The summed E-state index contributed by atoms with van der Waals surface area (Å²) < 4.78 is 100. The van der Waals surface area contributed by atoms with Crippen molar-refractivity contribution in [2.75, 3.05) is 18.0 Å². The third kappa shape index (κ3) is 14.9. The van der Waals surface area contributed by atoms with Crippen LogP contribution in [-0.2, 0) is 14.4 Å². The quantitative estimate of drug-likeness (QED) is 0.365. The predicted octanol–water partition coefficient (Wildman–Crippen LogP) is 4.54. The van der Waals surface area contributed by atoms with Crippen molar-refractivity contribution >= 4 is 34.6 Å². The Balaban J connectivity index is 0. The molecule has 0 amide bonds. The molecule has 0 bridgehead atoms. The van der Waals surface area contributed by atoms with E-state index < -0.39 is 36.4 Å². The molecule has 1 aromatic carbocycles. The van der Waals surface area contributed by atoms with E-state index in [-0.39, 0.29) is 5.63 Å². The zero-order valence-electron chi connectivity index (χ0n) is 18.5. The van der Waals surface area contributed by atoms with Crippen LogP contribution in [0.4, 0.5) is 45.2 Å². The van der Waals surface area contributed by atoms with Crippen molar-refractivity contribution in [1.29, 1.82) is 0 Å². The number of benzene rings is 1. The van der Waals surface area contributed by atoms with Crippen LogP contribution in [0, 0.1) is 0 Å². The van der Waals surface area contributed by atoms with Crippen molar-refractivity contribution in [3.63, 3.8) is 0 Å². The van der Waals surface area contributed by atoms with Crippen LogP contribution in [0.3, 0.4) is 0 Å². The summed E-state index contributed by atoms with van der Waals surface area (Å²) in [5.74, 6) is -8.27. The van der Waals surface area contributed by atoms with Gasteiger partial charge in [0.2, 0.25) is 0 Å². The number of anilines is 1. The third-order valence-corrected chi connectivity index (χ3v) is 3.46. The van der Waals surface area contributed by atoms with E-state index in [1.165, 1.54) is 6.07 Å². The summed E-state index contributed by atoms with van der Waals surface area (Å²) in [6, 6.07) is 9.18. The molecule has 18 heteroatoms. The van der Waals surface area contributed by atoms with Gasteiger partial charge in [-0.15, -0.1) is 0 Å². The molecule has 0 aliphatic heterocycles. The second-order valence-electron chi connectivity index (χ2n) is 6.06. The molecule has 9 nitrogen and oxygen atoms in total. The fraction of sp³-hybridized carbons (Fsp3) is 0.368. The molecule has 2 aromatic rings. The first kappa shape index (κ1) is 35.2. The second-order valence-corrected chi connectivity index (χ2v) is 6.06. The molecule has 210 valence electrons. The Kier molecular flexibility index (Phi) is 13.8. The van der Waals surface area contributed by atoms with Crippen LogP contribution < -0.4 is 10.5 Å². The van der Waals surface area contributed by atoms with E-state index in [1.54, 1.807) is 6.07 Å². The monoisotopic (exact) mass is 559 g/mol. The Morgan fingerprint density at radius 2 is 1.05 bits per heavy atom. The fourth-order valence-electron chi connectivity index (χ4n) is 1.83. The van der Waals surface area contributed by atoms with Gasteiger partial charge in [-0.1, -0.05) is 0 Å². The minimum Gasteiger partial charge on any atom is -0.475 e. The highest BCUT2D eigenvalue weighted by atomic mass is 19.4. The van der Waals surface area contributed by atoms with Crippen LogP contribution in [-0.4, -0.2) is 64.8 Å². The fourth-order valence-corrected chi connectivity index (χ4v) is 1.83. The smallest absolute Gasteiger partial charge is 0.475 e. The molecule has 0 atom stereocenters. The highest BCUT2D eigenvalue weighted by Crippen LogP contribution is 2.21. The first-order valence-electron chi connectivity index (χ1n) is 9.27. The lowest BCUT2D eigenvalue weighted by atomic mass is 10.2. The van der Waals surface area contributed by atoms with Crippen LogP contribution in [0.15, 0.2) is 39.5 Å². The highest BCUT2D eigenvalue weighted by molar-refractivity contribution is 5.80. The van der Waals surface area contributed by atoms with Crippen LogP contribution >= 0.6 is 0 Å². The Morgan fingerprint density at radius 3 is 1.35 bits per heavy atom. The summed E-state index contributed by atoms with van der Waals surface area (Å²) in [6.07, 6.45) is -15.3. The molecule has 37 heavy (non-hydrogen) atoms. The maximum absolute atomic E-state index is 11.1. The summed E-state index contributed by atoms with van der Waals surface area (Å²) >= 11 is 0. The first-order valence-corrected chi connectivity index (χ1v) is 9.27. The van der Waals surface area contributed by atoms with Gasteiger partial charge in [-0.2, -0.15) is 39.5 Å². The topological polar surface area (TPSA) is 145 Å². The molecular weight excluding hydrogens is 541 g/mol. The van der Waals surface area contributed by atoms with Crippen molar-refractivity contribution in [2.45, 2.75) is 32.4 Å². The van der Waals surface area contributed by atoms with Crippen molar-refractivity contribution < 1.29 is 73.6 Å². The summed E-state index contributed by atoms with van der Waals surface area (Å²) in [7, 11) is 0. The number of alkyl halides is 9. The van der Waals surface area contributed by atoms with Gasteiger partial charge < -0.3 is 24.6 Å². The van der Waals surface area contributed by atoms with Gasteiger partial charge in [-0.3, -0.25) is 0 Å². The van der Waals surface area contributed by atoms with Gasteiger partial charge in [0.05, 0.1) is 0 Å². The number of carboxylic acid groups (broad SMARTS) is 3. The standard InChI is InChI=1S/C13H15NO2.3C2HF3O2/c1-3-14(4-2)11-7-5-10-6-8-13(15)16-12(10)9-11;3*3-2(4,5)1(6)7/h5-9H,3-4H2,1-2H3;3*(H,6,7). The van der Waals surface area contributed by atoms with Crippen molar-refractivity contribution in [1.82, 2.24) is 0 Å². The molecule has 0 aliphatic carbocycles. The largest absolute Gasteiger partial charge is 0.490 e. The number of nitrogens with zero attached hydrogens (tertiary/aromatic N) is 1. The van der Waals surface area contributed by atoms with Gasteiger partial charge in [-0.05, 0) is 32.0 Å². The number of aliphatic carboxylic acids is 3. The number of carboxylic acids is 3. The number of rotatable bonds is 3. The Hall–Kier alpha value is -3.99. The molecule has 0 saturated heterocycles. The normalized spacial score (nSPS) is 11.0. The Morgan fingerprint density at radius 1 is 0.730 bits per heavy atom. The van der Waals surface area contributed by atoms with E-state index in [9.17, 15) is 44.3 Å². The summed E-state index contributed by atoms with van der Waals surface area (Å²) in [5, 5.41) is 22.3. The molecule has 0 aliphatic rings. The van der Waals surface area contributed by atoms with Crippen molar-refractivity contribution in [2.24, 2.45) is 0 Å². The average molecular weight is 559 g/mol. The summed E-state index contributed by atoms with van der Waals surface area (Å²) in [4.78, 5) is 40.0. The van der Waals surface area contributed by atoms with E-state index in [1.807, 2.05) is 12.1 Å². The lowest BCUT2D eigenvalue weighted by molar-refractivity contribution is -0.193. The molecular formula is C19H18F9NO8. The van der Waals surface area contributed by atoms with E-state index in [0.717, 1.165) is 24.2 Å². The molecule has 0 unspecified atom stereocenters. The lowest BCUT2D eigenvalue weighted by Crippen LogP contribution is -2.21. The first-order chi connectivity index (χ1) is 16.6. The molecule has 3 N–H and O–H groups in total. The third-order valence-electron chi connectivity index (χ3n) is 3.46. The maximum atomic E-state index is 11.1. The molecule has 0 fully saturated rings. The Bertz CT molecular complexity index is 1030. The minimum atomic E-state index is -5.08. The van der Waals surface area contributed by atoms with E-state index in [2.05, 4.69) is 24.8 Å². The molecule has 0 radical (unpaired) electrons. The number of fused-ring (bicyclic) bond motifs is 1. The number of halogens is 9. The minimum absolute atomic E-state index is 0.302. The lowest BCUT2D eigenvalue weighted by Gasteiger charge is -2.20. The molecule has 2 rings (SSSR count). The average Bonchev–Trinajstić information content (AvgIpc) is 2.73. The highest BCUT2D eigenvalue weighted by Gasteiger charge is 2.39. The van der Waals surface area contributed by atoms with Crippen molar-refractivity contribution in [3.8, 4) is 0 Å². The zero-order valence-corrected chi connectivity index (χ0v) is 18.5. The van der Waals surface area contributed by atoms with Gasteiger partial charge in [0, 0.05) is 36.3 Å². The van der Waals surface area contributed by atoms with Crippen LogP contribution in [0.25, 0.3) is 11.0 Å². The summed E-state index contributed by atoms with van der Waals surface area (Å²) in [6.45, 7) is 6.10. The second kappa shape index (κ2) is 14.5. The van der Waals surface area contributed by atoms with E-state index in [0.29, 0.717) is 5.58 Å². The van der Waals surface area contributed by atoms with Crippen molar-refractivity contribution in [3.05, 3.63) is 40.8 Å².